The van der Waals surface area contributed by atoms with Crippen LogP contribution in [0.1, 0.15) is 61.8 Å². The van der Waals surface area contributed by atoms with Crippen molar-refractivity contribution in [3.8, 4) is 0 Å². The number of fused-ring (bicyclic) bond motifs is 1. The second kappa shape index (κ2) is 7.41. The highest BCUT2D eigenvalue weighted by Crippen LogP contribution is 2.31. The Labute approximate surface area is 164 Å². The number of nitrogens with one attached hydrogen (secondary N) is 1. The van der Waals surface area contributed by atoms with Crippen molar-refractivity contribution in [1.82, 2.24) is 20.1 Å². The number of carbonyl (C=O) groups is 1. The SMILES string of the molecule is O=C(C1CCCCC1)N1CC[C@H](c2nnc(Cc3c[nH]c4ccccc34)o2)C1. The molecule has 0 radical (unpaired) electrons. The Morgan fingerprint density at radius 3 is 2.89 bits per heavy atom. The third-order valence-electron chi connectivity index (χ3n) is 6.30. The summed E-state index contributed by atoms with van der Waals surface area (Å²) in [6.45, 7) is 1.52. The van der Waals surface area contributed by atoms with Crippen molar-refractivity contribution >= 4 is 16.8 Å². The zero-order valence-corrected chi connectivity index (χ0v) is 16.1. The van der Waals surface area contributed by atoms with Crippen molar-refractivity contribution in [2.24, 2.45) is 5.92 Å². The Balaban J connectivity index is 1.24. The second-order valence-electron chi connectivity index (χ2n) is 8.18. The van der Waals surface area contributed by atoms with Gasteiger partial charge in [0.05, 0.1) is 12.3 Å². The molecule has 1 saturated heterocycles. The molecule has 1 aliphatic heterocycles. The van der Waals surface area contributed by atoms with Gasteiger partial charge in [-0.25, -0.2) is 0 Å². The predicted octanol–water partition coefficient (Wildman–Crippen LogP) is 4.04. The molecule has 1 atom stereocenters. The number of nitrogens with zero attached hydrogens (tertiary/aromatic N) is 3. The molecule has 1 aliphatic carbocycles. The van der Waals surface area contributed by atoms with Gasteiger partial charge >= 0.3 is 0 Å². The van der Waals surface area contributed by atoms with Gasteiger partial charge in [-0.1, -0.05) is 37.5 Å². The molecule has 0 spiro atoms. The van der Waals surface area contributed by atoms with Gasteiger partial charge in [0.25, 0.3) is 0 Å². The number of rotatable bonds is 4. The van der Waals surface area contributed by atoms with E-state index < -0.39 is 0 Å². The predicted molar refractivity (Wildman–Crippen MR) is 106 cm³/mol. The summed E-state index contributed by atoms with van der Waals surface area (Å²) < 4.78 is 5.99. The number of para-hydroxylation sites is 1. The van der Waals surface area contributed by atoms with Crippen molar-refractivity contribution in [3.63, 3.8) is 0 Å². The third-order valence-corrected chi connectivity index (χ3v) is 6.30. The van der Waals surface area contributed by atoms with Crippen molar-refractivity contribution in [2.75, 3.05) is 13.1 Å². The number of aromatic nitrogens is 3. The average Bonchev–Trinajstić information content (AvgIpc) is 3.48. The summed E-state index contributed by atoms with van der Waals surface area (Å²) in [5, 5.41) is 9.76. The lowest BCUT2D eigenvalue weighted by molar-refractivity contribution is -0.135. The van der Waals surface area contributed by atoms with E-state index in [-0.39, 0.29) is 11.8 Å². The number of aromatic amines is 1. The Morgan fingerprint density at radius 1 is 1.14 bits per heavy atom. The standard InChI is InChI=1S/C22H26N4O2/c27-22(15-6-2-1-3-7-15)26-11-10-16(14-26)21-25-24-20(28-21)12-17-13-23-19-9-5-4-8-18(17)19/h4-5,8-9,13,15-16,23H,1-3,6-7,10-12,14H2/t16-/m0/s1. The molecule has 2 fully saturated rings. The van der Waals surface area contributed by atoms with Gasteiger partial charge in [-0.3, -0.25) is 4.79 Å². The highest BCUT2D eigenvalue weighted by atomic mass is 16.4. The van der Waals surface area contributed by atoms with Gasteiger partial charge < -0.3 is 14.3 Å². The van der Waals surface area contributed by atoms with Crippen LogP contribution >= 0.6 is 0 Å². The molecule has 1 saturated carbocycles. The largest absolute Gasteiger partial charge is 0.425 e. The van der Waals surface area contributed by atoms with E-state index in [1.54, 1.807) is 0 Å². The average molecular weight is 378 g/mol. The lowest BCUT2D eigenvalue weighted by atomic mass is 9.88. The van der Waals surface area contributed by atoms with Crippen LogP contribution in [0.25, 0.3) is 10.9 Å². The number of amides is 1. The molecule has 5 rings (SSSR count). The second-order valence-corrected chi connectivity index (χ2v) is 8.18. The number of carbonyl (C=O) groups excluding carboxylic acids is 1. The van der Waals surface area contributed by atoms with Crippen LogP contribution in [-0.4, -0.2) is 39.1 Å². The van der Waals surface area contributed by atoms with Gasteiger partial charge in [0, 0.05) is 36.1 Å². The lowest BCUT2D eigenvalue weighted by Crippen LogP contribution is -2.35. The van der Waals surface area contributed by atoms with Crippen LogP contribution in [0.3, 0.4) is 0 Å². The molecular weight excluding hydrogens is 352 g/mol. The first-order chi connectivity index (χ1) is 13.8. The maximum atomic E-state index is 12.8. The number of H-pyrrole nitrogens is 1. The topological polar surface area (TPSA) is 75.0 Å². The van der Waals surface area contributed by atoms with Gasteiger partial charge in [-0.15, -0.1) is 10.2 Å². The normalized spacial score (nSPS) is 20.9. The van der Waals surface area contributed by atoms with E-state index in [1.165, 1.54) is 24.6 Å². The molecule has 1 amide bonds. The van der Waals surface area contributed by atoms with Gasteiger partial charge in [0.15, 0.2) is 0 Å². The number of hydrogen-bond donors (Lipinski definition) is 1. The molecule has 6 heteroatoms. The summed E-state index contributed by atoms with van der Waals surface area (Å²) >= 11 is 0. The minimum Gasteiger partial charge on any atom is -0.425 e. The molecule has 3 aromatic rings. The molecule has 0 bridgehead atoms. The van der Waals surface area contributed by atoms with E-state index in [0.717, 1.165) is 36.9 Å². The molecule has 1 N–H and O–H groups in total. The summed E-state index contributed by atoms with van der Waals surface area (Å²) in [5.41, 5.74) is 2.27. The number of likely N-dealkylation sites (tertiary alicyclic amines) is 1. The van der Waals surface area contributed by atoms with Crippen LogP contribution in [0.4, 0.5) is 0 Å². The first kappa shape index (κ1) is 17.5. The van der Waals surface area contributed by atoms with Crippen LogP contribution < -0.4 is 0 Å². The fourth-order valence-corrected chi connectivity index (χ4v) is 4.71. The van der Waals surface area contributed by atoms with Crippen LogP contribution in [0.2, 0.25) is 0 Å². The summed E-state index contributed by atoms with van der Waals surface area (Å²) in [6.07, 6.45) is 9.29. The maximum absolute atomic E-state index is 12.8. The van der Waals surface area contributed by atoms with Crippen molar-refractivity contribution in [3.05, 3.63) is 47.8 Å². The van der Waals surface area contributed by atoms with Gasteiger partial charge in [0.2, 0.25) is 17.7 Å². The monoisotopic (exact) mass is 378 g/mol. The molecular formula is C22H26N4O2. The molecule has 146 valence electrons. The first-order valence-corrected chi connectivity index (χ1v) is 10.4. The summed E-state index contributed by atoms with van der Waals surface area (Å²) in [4.78, 5) is 18.1. The van der Waals surface area contributed by atoms with E-state index in [0.29, 0.717) is 30.7 Å². The van der Waals surface area contributed by atoms with E-state index in [4.69, 9.17) is 4.42 Å². The smallest absolute Gasteiger partial charge is 0.225 e. The Kier molecular flexibility index (Phi) is 4.63. The van der Waals surface area contributed by atoms with Crippen LogP contribution in [0.5, 0.6) is 0 Å². The minimum absolute atomic E-state index is 0.164. The quantitative estimate of drug-likeness (QED) is 0.743. The van der Waals surface area contributed by atoms with Crippen molar-refractivity contribution in [1.29, 1.82) is 0 Å². The lowest BCUT2D eigenvalue weighted by Gasteiger charge is -2.26. The van der Waals surface area contributed by atoms with Crippen molar-refractivity contribution < 1.29 is 9.21 Å². The van der Waals surface area contributed by atoms with E-state index in [1.807, 2.05) is 23.2 Å². The zero-order valence-electron chi connectivity index (χ0n) is 16.1. The highest BCUT2D eigenvalue weighted by Gasteiger charge is 2.34. The molecule has 0 unspecified atom stereocenters. The fourth-order valence-electron chi connectivity index (χ4n) is 4.71. The third kappa shape index (κ3) is 3.32. The van der Waals surface area contributed by atoms with Crippen LogP contribution in [-0.2, 0) is 11.2 Å². The van der Waals surface area contributed by atoms with Crippen LogP contribution in [0, 0.1) is 5.92 Å². The molecule has 3 heterocycles. The zero-order chi connectivity index (χ0) is 18.9. The van der Waals surface area contributed by atoms with Gasteiger partial charge in [-0.05, 0) is 30.9 Å². The summed E-state index contributed by atoms with van der Waals surface area (Å²) in [5.74, 6) is 2.04. The molecule has 2 aromatic heterocycles. The number of benzene rings is 1. The molecule has 1 aromatic carbocycles. The van der Waals surface area contributed by atoms with E-state index >= 15 is 0 Å². The van der Waals surface area contributed by atoms with Gasteiger partial charge in [0.1, 0.15) is 0 Å². The Morgan fingerprint density at radius 2 is 2.00 bits per heavy atom. The Hall–Kier alpha value is -2.63. The highest BCUT2D eigenvalue weighted by molar-refractivity contribution is 5.83. The molecule has 28 heavy (non-hydrogen) atoms. The summed E-state index contributed by atoms with van der Waals surface area (Å²) in [7, 11) is 0. The van der Waals surface area contributed by atoms with Gasteiger partial charge in [-0.2, -0.15) is 0 Å². The Bertz CT molecular complexity index is 970. The molecule has 6 nitrogen and oxygen atoms in total. The maximum Gasteiger partial charge on any atom is 0.225 e. The molecule has 2 aliphatic rings. The summed E-state index contributed by atoms with van der Waals surface area (Å²) in [6, 6.07) is 8.22. The van der Waals surface area contributed by atoms with E-state index in [9.17, 15) is 4.79 Å². The fraction of sp³-hybridized carbons (Fsp3) is 0.500. The number of hydrogen-bond acceptors (Lipinski definition) is 4. The van der Waals surface area contributed by atoms with Crippen molar-refractivity contribution in [2.45, 2.75) is 50.9 Å². The minimum atomic E-state index is 0.164. The van der Waals surface area contributed by atoms with E-state index in [2.05, 4.69) is 27.3 Å². The van der Waals surface area contributed by atoms with Crippen LogP contribution in [0.15, 0.2) is 34.9 Å². The first-order valence-electron chi connectivity index (χ1n) is 10.4.